The van der Waals surface area contributed by atoms with Crippen molar-refractivity contribution >= 4 is 24.0 Å². The fourth-order valence-corrected chi connectivity index (χ4v) is 4.26. The van der Waals surface area contributed by atoms with Crippen LogP contribution in [-0.2, 0) is 4.79 Å². The summed E-state index contributed by atoms with van der Waals surface area (Å²) in [4.78, 5) is 20.4. The van der Waals surface area contributed by atoms with E-state index in [4.69, 9.17) is 0 Å². The van der Waals surface area contributed by atoms with Gasteiger partial charge in [0.2, 0.25) is 0 Å². The van der Waals surface area contributed by atoms with Gasteiger partial charge in [-0.1, -0.05) is 5.21 Å². The molecule has 0 radical (unpaired) electrons. The minimum absolute atomic E-state index is 0.0287. The highest BCUT2D eigenvalue weighted by molar-refractivity contribution is 8.01. The number of aromatic amines is 1. The van der Waals surface area contributed by atoms with Gasteiger partial charge in [-0.25, -0.2) is 0 Å². The monoisotopic (exact) mass is 295 g/mol. The Hall–Kier alpha value is -1.64. The molecule has 2 saturated heterocycles. The number of tetrazole rings is 1. The zero-order valence-electron chi connectivity index (χ0n) is 11.8. The maximum absolute atomic E-state index is 12.3. The molecule has 0 saturated carbocycles. The Morgan fingerprint density at radius 1 is 1.50 bits per heavy atom. The van der Waals surface area contributed by atoms with Gasteiger partial charge >= 0.3 is 0 Å². The molecule has 2 aliphatic heterocycles. The summed E-state index contributed by atoms with van der Waals surface area (Å²) in [6.45, 7) is 4.19. The first-order valence-electron chi connectivity index (χ1n) is 6.35. The second kappa shape index (κ2) is 4.44. The van der Waals surface area contributed by atoms with Crippen LogP contribution in [0.5, 0.6) is 0 Å². The van der Waals surface area contributed by atoms with Crippen molar-refractivity contribution in [3.05, 3.63) is 5.82 Å². The van der Waals surface area contributed by atoms with E-state index >= 15 is 0 Å². The van der Waals surface area contributed by atoms with Crippen LogP contribution in [-0.4, -0.2) is 72.9 Å². The first-order valence-corrected chi connectivity index (χ1v) is 7.23. The molecule has 2 fully saturated rings. The van der Waals surface area contributed by atoms with Crippen molar-refractivity contribution in [2.75, 3.05) is 14.1 Å². The molecule has 0 spiro atoms. The molecule has 1 aromatic heterocycles. The molecule has 0 bridgehead atoms. The van der Waals surface area contributed by atoms with E-state index in [1.54, 1.807) is 18.1 Å². The molecule has 2 aliphatic rings. The smallest absolute Gasteiger partial charge is 0.252 e. The Bertz CT molecular complexity index is 541. The van der Waals surface area contributed by atoms with E-state index in [0.717, 1.165) is 0 Å². The van der Waals surface area contributed by atoms with E-state index < -0.39 is 0 Å². The Balaban J connectivity index is 1.86. The first kappa shape index (κ1) is 13.3. The number of amides is 1. The van der Waals surface area contributed by atoms with E-state index in [0.29, 0.717) is 5.82 Å². The molecule has 1 amide bonds. The van der Waals surface area contributed by atoms with E-state index in [9.17, 15) is 4.79 Å². The Labute approximate surface area is 121 Å². The number of carbonyl (C=O) groups is 1. The number of carbonyl (C=O) groups excluding carboxylic acids is 1. The SMILES string of the molecule is CN(C)C=NC1C(=O)N2C1SC(C)(C)C2c1nn[nH]n1. The highest BCUT2D eigenvalue weighted by Crippen LogP contribution is 2.57. The van der Waals surface area contributed by atoms with Crippen LogP contribution in [0.2, 0.25) is 0 Å². The molecule has 108 valence electrons. The number of nitrogens with one attached hydrogen (secondary N) is 1. The summed E-state index contributed by atoms with van der Waals surface area (Å²) < 4.78 is -0.160. The summed E-state index contributed by atoms with van der Waals surface area (Å²) in [5.41, 5.74) is 0. The number of hydrogen-bond donors (Lipinski definition) is 1. The van der Waals surface area contributed by atoms with Crippen molar-refractivity contribution in [1.29, 1.82) is 0 Å². The summed E-state index contributed by atoms with van der Waals surface area (Å²) in [6, 6.07) is -0.465. The van der Waals surface area contributed by atoms with E-state index in [1.807, 2.05) is 23.9 Å². The quantitative estimate of drug-likeness (QED) is 0.475. The van der Waals surface area contributed by atoms with Gasteiger partial charge in [-0.2, -0.15) is 5.21 Å². The molecule has 20 heavy (non-hydrogen) atoms. The van der Waals surface area contributed by atoms with Crippen LogP contribution in [0.15, 0.2) is 4.99 Å². The molecule has 3 atom stereocenters. The van der Waals surface area contributed by atoms with Crippen molar-refractivity contribution in [2.24, 2.45) is 4.99 Å². The average molecular weight is 295 g/mol. The van der Waals surface area contributed by atoms with Gasteiger partial charge in [-0.15, -0.1) is 22.0 Å². The van der Waals surface area contributed by atoms with Crippen molar-refractivity contribution in [1.82, 2.24) is 30.4 Å². The van der Waals surface area contributed by atoms with Crippen LogP contribution >= 0.6 is 11.8 Å². The summed E-state index contributed by atoms with van der Waals surface area (Å²) in [6.07, 6.45) is 1.69. The Morgan fingerprint density at radius 3 is 2.85 bits per heavy atom. The lowest BCUT2D eigenvalue weighted by molar-refractivity contribution is -0.147. The number of aromatic nitrogens is 4. The molecule has 3 heterocycles. The van der Waals surface area contributed by atoms with Gasteiger partial charge in [0.05, 0.1) is 6.34 Å². The van der Waals surface area contributed by atoms with Gasteiger partial charge in [0.1, 0.15) is 11.4 Å². The molecule has 0 aromatic carbocycles. The molecule has 8 nitrogen and oxygen atoms in total. The number of aliphatic imine (C=N–C) groups is 1. The van der Waals surface area contributed by atoms with Crippen LogP contribution in [0.25, 0.3) is 0 Å². The number of rotatable bonds is 3. The average Bonchev–Trinajstić information content (AvgIpc) is 2.93. The zero-order chi connectivity index (χ0) is 14.5. The summed E-state index contributed by atoms with van der Waals surface area (Å²) >= 11 is 1.74. The van der Waals surface area contributed by atoms with Gasteiger partial charge in [-0.05, 0) is 13.8 Å². The van der Waals surface area contributed by atoms with Crippen molar-refractivity contribution in [3.8, 4) is 0 Å². The summed E-state index contributed by atoms with van der Waals surface area (Å²) in [7, 11) is 3.77. The number of H-pyrrole nitrogens is 1. The second-order valence-corrected chi connectivity index (χ2v) is 7.47. The third-order valence-electron chi connectivity index (χ3n) is 3.48. The fourth-order valence-electron chi connectivity index (χ4n) is 2.64. The maximum Gasteiger partial charge on any atom is 0.252 e. The summed E-state index contributed by atoms with van der Waals surface area (Å²) in [5.74, 6) is 0.592. The largest absolute Gasteiger partial charge is 0.369 e. The van der Waals surface area contributed by atoms with E-state index in [-0.39, 0.29) is 28.1 Å². The van der Waals surface area contributed by atoms with Gasteiger partial charge in [0, 0.05) is 18.8 Å². The molecule has 9 heteroatoms. The van der Waals surface area contributed by atoms with Crippen molar-refractivity contribution in [3.63, 3.8) is 0 Å². The van der Waals surface area contributed by atoms with Crippen LogP contribution < -0.4 is 0 Å². The number of β-lactam (4-membered cyclic amide) rings is 1. The van der Waals surface area contributed by atoms with Crippen LogP contribution in [0.4, 0.5) is 0 Å². The van der Waals surface area contributed by atoms with Gasteiger partial charge in [0.25, 0.3) is 5.91 Å². The predicted molar refractivity (Wildman–Crippen MR) is 75.2 cm³/mol. The topological polar surface area (TPSA) is 90.4 Å². The first-order chi connectivity index (χ1) is 9.42. The molecule has 3 rings (SSSR count). The van der Waals surface area contributed by atoms with Gasteiger partial charge in [0.15, 0.2) is 11.9 Å². The standard InChI is InChI=1S/C11H17N7OS/c1-11(2)7(8-13-15-16-14-8)18-9(19)6(10(18)20-11)12-5-17(3)4/h5-7,10H,1-4H3,(H,13,14,15,16). The Morgan fingerprint density at radius 2 is 2.25 bits per heavy atom. The summed E-state index contributed by atoms with van der Waals surface area (Å²) in [5, 5.41) is 14.2. The highest BCUT2D eigenvalue weighted by Gasteiger charge is 2.63. The number of nitrogens with zero attached hydrogens (tertiary/aromatic N) is 6. The Kier molecular flexibility index (Phi) is 2.96. The molecular weight excluding hydrogens is 278 g/mol. The van der Waals surface area contributed by atoms with Crippen LogP contribution in [0, 0.1) is 0 Å². The molecule has 1 aromatic rings. The van der Waals surface area contributed by atoms with Crippen molar-refractivity contribution < 1.29 is 4.79 Å². The lowest BCUT2D eigenvalue weighted by atomic mass is 9.96. The van der Waals surface area contributed by atoms with E-state index in [1.165, 1.54) is 0 Å². The minimum Gasteiger partial charge on any atom is -0.369 e. The zero-order valence-corrected chi connectivity index (χ0v) is 12.6. The van der Waals surface area contributed by atoms with Gasteiger partial charge in [-0.3, -0.25) is 9.79 Å². The second-order valence-electron chi connectivity index (χ2n) is 5.70. The minimum atomic E-state index is -0.307. The molecule has 0 aliphatic carbocycles. The lowest BCUT2D eigenvalue weighted by Gasteiger charge is -2.41. The normalized spacial score (nSPS) is 31.5. The molecular formula is C11H17N7OS. The molecule has 1 N–H and O–H groups in total. The third kappa shape index (κ3) is 1.88. The van der Waals surface area contributed by atoms with Crippen molar-refractivity contribution in [2.45, 2.75) is 36.1 Å². The third-order valence-corrected chi connectivity index (χ3v) is 5.03. The number of hydrogen-bond acceptors (Lipinski definition) is 6. The van der Waals surface area contributed by atoms with Crippen LogP contribution in [0.3, 0.4) is 0 Å². The number of fused-ring (bicyclic) bond motifs is 1. The predicted octanol–water partition coefficient (Wildman–Crippen LogP) is -0.107. The maximum atomic E-state index is 12.3. The number of thioether (sulfide) groups is 1. The highest BCUT2D eigenvalue weighted by atomic mass is 32.2. The van der Waals surface area contributed by atoms with Gasteiger partial charge < -0.3 is 9.80 Å². The lowest BCUT2D eigenvalue weighted by Crippen LogP contribution is -2.60. The molecule has 3 unspecified atom stereocenters. The van der Waals surface area contributed by atoms with Crippen LogP contribution in [0.1, 0.15) is 25.7 Å². The van der Waals surface area contributed by atoms with E-state index in [2.05, 4.69) is 39.5 Å². The fraction of sp³-hybridized carbons (Fsp3) is 0.727.